The Balaban J connectivity index is 2.06. The maximum Gasteiger partial charge on any atom is 0.206 e. The molecule has 0 saturated carbocycles. The second-order valence-electron chi connectivity index (χ2n) is 19.2. The van der Waals surface area contributed by atoms with Gasteiger partial charge in [-0.3, -0.25) is 4.79 Å². The van der Waals surface area contributed by atoms with Crippen LogP contribution in [0.1, 0.15) is 235 Å². The van der Waals surface area contributed by atoms with E-state index in [-0.39, 0.29) is 11.5 Å². The van der Waals surface area contributed by atoms with Gasteiger partial charge >= 0.3 is 0 Å². The van der Waals surface area contributed by atoms with Crippen LogP contribution in [-0.2, 0) is 0 Å². The second-order valence-corrected chi connectivity index (χ2v) is 19.2. The number of ether oxygens (including phenoxy) is 3. The number of rotatable bonds is 39. The average molecular weight is 1070 g/mol. The van der Waals surface area contributed by atoms with Gasteiger partial charge in [0.2, 0.25) is 5.75 Å². The van der Waals surface area contributed by atoms with Crippen molar-refractivity contribution in [2.75, 3.05) is 13.2 Å². The summed E-state index contributed by atoms with van der Waals surface area (Å²) < 4.78 is 19.0. The van der Waals surface area contributed by atoms with Crippen molar-refractivity contribution in [1.82, 2.24) is 0 Å². The number of carbonyl (C=O) groups is 1. The first-order valence-electron chi connectivity index (χ1n) is 29.9. The Bertz CT molecular complexity index is 3060. The van der Waals surface area contributed by atoms with Gasteiger partial charge in [0.1, 0.15) is 6.11 Å². The number of carbonyl (C=O) groups excluding carboxylic acids is 1. The summed E-state index contributed by atoms with van der Waals surface area (Å²) in [6, 6.07) is 12.7. The van der Waals surface area contributed by atoms with Crippen molar-refractivity contribution in [2.45, 2.75) is 219 Å². The van der Waals surface area contributed by atoms with Crippen LogP contribution in [0.25, 0.3) is 0 Å². The van der Waals surface area contributed by atoms with Gasteiger partial charge in [-0.2, -0.15) is 0 Å². The van der Waals surface area contributed by atoms with Crippen molar-refractivity contribution in [3.63, 3.8) is 0 Å². The molecule has 0 aliphatic rings. The van der Waals surface area contributed by atoms with Crippen LogP contribution >= 0.6 is 0 Å². The minimum Gasteiger partial charge on any atom is -0.490 e. The summed E-state index contributed by atoms with van der Waals surface area (Å²) in [5.41, 5.74) is 0.845. The first-order valence-corrected chi connectivity index (χ1v) is 29.9. The van der Waals surface area contributed by atoms with Gasteiger partial charge in [0.25, 0.3) is 0 Å². The van der Waals surface area contributed by atoms with Crippen LogP contribution in [0.4, 0.5) is 0 Å². The fourth-order valence-electron chi connectivity index (χ4n) is 8.33. The van der Waals surface area contributed by atoms with Gasteiger partial charge in [-0.15, -0.1) is 6.42 Å². The van der Waals surface area contributed by atoms with Crippen molar-refractivity contribution in [3.05, 3.63) is 53.6 Å². The summed E-state index contributed by atoms with van der Waals surface area (Å²) in [6.45, 7) is 5.53. The zero-order valence-electron chi connectivity index (χ0n) is 48.8. The highest BCUT2D eigenvalue weighted by molar-refractivity contribution is 6.11. The molecule has 0 heterocycles. The molecule has 0 spiro atoms. The Labute approximate surface area is 492 Å². The Morgan fingerprint density at radius 1 is 0.333 bits per heavy atom. The highest BCUT2D eigenvalue weighted by Crippen LogP contribution is 2.41. The average Bonchev–Trinajstić information content (AvgIpc) is 3.66. The minimum atomic E-state index is -0.213. The predicted octanol–water partition coefficient (Wildman–Crippen LogP) is 16.2. The van der Waals surface area contributed by atoms with Crippen LogP contribution in [0.2, 0.25) is 0 Å². The molecule has 4 nitrogen and oxygen atoms in total. The quantitative estimate of drug-likeness (QED) is 0.0380. The van der Waals surface area contributed by atoms with Crippen LogP contribution in [-0.4, -0.2) is 19.0 Å². The van der Waals surface area contributed by atoms with E-state index in [2.05, 4.69) is 174 Å². The number of hydrogen-bond acceptors (Lipinski definition) is 4. The Morgan fingerprint density at radius 3 is 0.963 bits per heavy atom. The number of ketones is 1. The second kappa shape index (κ2) is 54.7. The smallest absolute Gasteiger partial charge is 0.206 e. The molecule has 81 heavy (non-hydrogen) atoms. The molecule has 0 N–H and O–H groups in total. The third-order valence-electron chi connectivity index (χ3n) is 12.6. The molecule has 0 bridgehead atoms. The third-order valence-corrected chi connectivity index (χ3v) is 12.6. The lowest BCUT2D eigenvalue weighted by atomic mass is 10.0. The number of hydrogen-bond donors (Lipinski definition) is 0. The summed E-state index contributed by atoms with van der Waals surface area (Å²) in [5.74, 6) is 66.8. The maximum absolute atomic E-state index is 14.0. The van der Waals surface area contributed by atoms with Gasteiger partial charge in [-0.25, -0.2) is 0 Å². The highest BCUT2D eigenvalue weighted by atomic mass is 16.5. The van der Waals surface area contributed by atoms with E-state index >= 15 is 0 Å². The van der Waals surface area contributed by atoms with Gasteiger partial charge in [0.15, 0.2) is 17.3 Å². The molecule has 0 atom stereocenters. The topological polar surface area (TPSA) is 44.8 Å². The van der Waals surface area contributed by atoms with Crippen LogP contribution in [0, 0.1) is 166 Å². The molecule has 0 aromatic heterocycles. The van der Waals surface area contributed by atoms with Gasteiger partial charge < -0.3 is 14.2 Å². The number of benzene rings is 2. The summed E-state index contributed by atoms with van der Waals surface area (Å²) in [7, 11) is 0. The highest BCUT2D eigenvalue weighted by Gasteiger charge is 2.23. The van der Waals surface area contributed by atoms with E-state index < -0.39 is 0 Å². The van der Waals surface area contributed by atoms with E-state index in [0.29, 0.717) is 35.8 Å². The van der Waals surface area contributed by atoms with Gasteiger partial charge in [0, 0.05) is 112 Å². The Morgan fingerprint density at radius 2 is 0.630 bits per heavy atom. The van der Waals surface area contributed by atoms with E-state index in [4.69, 9.17) is 20.6 Å². The van der Waals surface area contributed by atoms with Crippen molar-refractivity contribution in [3.8, 4) is 184 Å². The normalized spacial score (nSPS) is 8.80. The molecule has 0 amide bonds. The van der Waals surface area contributed by atoms with Gasteiger partial charge in [0.05, 0.1) is 18.8 Å². The first-order chi connectivity index (χ1) is 40.2. The molecule has 2 rings (SSSR count). The molecule has 4 heteroatoms. The number of unbranched alkanes of at least 4 members (excludes halogenated alkanes) is 30. The molecule has 0 fully saturated rings. The van der Waals surface area contributed by atoms with Crippen LogP contribution in [0.3, 0.4) is 0 Å². The zero-order valence-corrected chi connectivity index (χ0v) is 48.8. The molecule has 2 aromatic carbocycles. The fourth-order valence-corrected chi connectivity index (χ4v) is 8.33. The lowest BCUT2D eigenvalue weighted by Crippen LogP contribution is -2.09. The lowest BCUT2D eigenvalue weighted by molar-refractivity contribution is 0.103. The Hall–Kier alpha value is -8.65. The molecular formula is C77H82O4. The monoisotopic (exact) mass is 1070 g/mol. The van der Waals surface area contributed by atoms with E-state index in [1.54, 1.807) is 18.2 Å². The zero-order chi connectivity index (χ0) is 57.7. The minimum absolute atomic E-state index is 0.210. The molecular weight excluding hydrogens is 989 g/mol. The van der Waals surface area contributed by atoms with Crippen LogP contribution in [0.15, 0.2) is 42.5 Å². The fraction of sp³-hybridized carbons (Fsp3) is 0.468. The molecule has 414 valence electrons. The molecule has 2 aromatic rings. The third kappa shape index (κ3) is 41.1. The van der Waals surface area contributed by atoms with E-state index in [1.165, 1.54) is 173 Å². The molecule has 0 saturated heterocycles. The van der Waals surface area contributed by atoms with Crippen LogP contribution in [0.5, 0.6) is 17.2 Å². The lowest BCUT2D eigenvalue weighted by Gasteiger charge is -2.18. The standard InChI is InChI=1S/C77H82O4/c1-4-7-10-13-16-19-22-25-28-31-32-33-34-35-36-37-38-39-40-43-45-48-51-54-57-63-70-80-76-73(75(78)72-65-60-59-61-66-72)67-68-74(79-69-62-56-53-50-47-44-41-29-26-23-20-17-14-11-8-5-2)77(76)81-71-64-58-55-52-49-46-42-30-27-24-21-18-15-12-9-6-3/h1,59-61,65-68H,5-6,8-9,11-12,14-15,17-18,20-21,23-24,26-27,29-30,41-42,44,46-47,49-50,52-53,55-56,58,62,64,69,71H2,2-3H3. The SMILES string of the molecule is C#CC#CC#CC#CC#CC#CC#CC#CC#CC#CC#CC#CC#CC#COc1c(C(=O)c2ccccc2)ccc(OCCCCCCCCCCCCCCCCCC)c1OCCCCCCCCCCCCCCCCCC. The van der Waals surface area contributed by atoms with Crippen molar-refractivity contribution >= 4 is 5.78 Å². The Kier molecular flexibility index (Phi) is 46.2. The van der Waals surface area contributed by atoms with E-state index in [9.17, 15) is 4.79 Å². The molecule has 0 unspecified atom stereocenters. The van der Waals surface area contributed by atoms with Crippen molar-refractivity contribution in [2.24, 2.45) is 0 Å². The largest absolute Gasteiger partial charge is 0.490 e. The summed E-state index contributed by atoms with van der Waals surface area (Å²) >= 11 is 0. The predicted molar refractivity (Wildman–Crippen MR) is 337 cm³/mol. The van der Waals surface area contributed by atoms with Gasteiger partial charge in [-0.1, -0.05) is 237 Å². The van der Waals surface area contributed by atoms with Crippen molar-refractivity contribution in [1.29, 1.82) is 0 Å². The van der Waals surface area contributed by atoms with E-state index in [0.717, 1.165) is 32.1 Å². The molecule has 0 radical (unpaired) electrons. The van der Waals surface area contributed by atoms with Crippen LogP contribution < -0.4 is 14.2 Å². The maximum atomic E-state index is 14.0. The van der Waals surface area contributed by atoms with E-state index in [1.807, 2.05) is 24.3 Å². The summed E-state index contributed by atoms with van der Waals surface area (Å²) in [6.07, 6.45) is 49.1. The van der Waals surface area contributed by atoms with Gasteiger partial charge in [-0.05, 0) is 72.3 Å². The molecule has 0 aliphatic carbocycles. The first kappa shape index (κ1) is 68.5. The number of terminal acetylenes is 1. The summed E-state index contributed by atoms with van der Waals surface area (Å²) in [5, 5.41) is 0. The van der Waals surface area contributed by atoms with Crippen molar-refractivity contribution < 1.29 is 19.0 Å². The summed E-state index contributed by atoms with van der Waals surface area (Å²) in [4.78, 5) is 14.0. The molecule has 0 aliphatic heterocycles.